The maximum Gasteiger partial charge on any atom is 0.416 e. The van der Waals surface area contributed by atoms with Gasteiger partial charge in [-0.3, -0.25) is 14.4 Å². The van der Waals surface area contributed by atoms with Crippen LogP contribution in [0.1, 0.15) is 58.8 Å². The topological polar surface area (TPSA) is 129 Å². The van der Waals surface area contributed by atoms with Gasteiger partial charge in [0.05, 0.1) is 41.5 Å². The molecule has 0 bridgehead atoms. The molecule has 10 nitrogen and oxygen atoms in total. The third-order valence-corrected chi connectivity index (χ3v) is 9.72. The quantitative estimate of drug-likeness (QED) is 0.314. The number of carbonyl (C=O) groups is 2. The van der Waals surface area contributed by atoms with Crippen LogP contribution in [-0.2, 0) is 25.6 Å². The molecule has 0 aliphatic carbocycles. The van der Waals surface area contributed by atoms with Gasteiger partial charge in [-0.2, -0.15) is 13.2 Å². The second-order valence-corrected chi connectivity index (χ2v) is 12.9. The number of likely N-dealkylation sites (N-methyl/N-ethyl adjacent to an activating group) is 1. The van der Waals surface area contributed by atoms with Crippen LogP contribution >= 0.6 is 0 Å². The van der Waals surface area contributed by atoms with E-state index in [4.69, 9.17) is 4.84 Å². The van der Waals surface area contributed by atoms with Crippen molar-refractivity contribution in [2.75, 3.05) is 38.0 Å². The SMILES string of the molecule is CCS(=O)(=O)c1ccc([C@H](CO)NC(=O)c2ccc(N3CC(c4ccc(C(F)(F)F)cc4)CC[C@H]3C(=O)N(C)OC)nc2)cc1. The largest absolute Gasteiger partial charge is 0.416 e. The van der Waals surface area contributed by atoms with Crippen LogP contribution in [0.3, 0.4) is 0 Å². The number of amides is 2. The maximum atomic E-state index is 13.2. The number of hydrogen-bond donors (Lipinski definition) is 2. The number of aliphatic hydroxyl groups is 1. The first kappa shape index (κ1) is 33.9. The Balaban J connectivity index is 1.53. The summed E-state index contributed by atoms with van der Waals surface area (Å²) in [5.74, 6) is -0.710. The number of carbonyl (C=O) groups excluding carboxylic acids is 2. The Morgan fingerprint density at radius 1 is 1.09 bits per heavy atom. The van der Waals surface area contributed by atoms with Gasteiger partial charge < -0.3 is 15.3 Å². The minimum atomic E-state index is -4.45. The summed E-state index contributed by atoms with van der Waals surface area (Å²) in [4.78, 5) is 37.6. The molecule has 1 unspecified atom stereocenters. The second kappa shape index (κ2) is 14.0. The van der Waals surface area contributed by atoms with Gasteiger partial charge in [0.2, 0.25) is 0 Å². The van der Waals surface area contributed by atoms with Crippen LogP contribution in [0.25, 0.3) is 0 Å². The summed E-state index contributed by atoms with van der Waals surface area (Å²) in [6.45, 7) is 1.39. The van der Waals surface area contributed by atoms with Crippen LogP contribution in [0.5, 0.6) is 0 Å². The fraction of sp³-hybridized carbons (Fsp3) is 0.387. The van der Waals surface area contributed by atoms with Gasteiger partial charge in [0.15, 0.2) is 9.84 Å². The highest BCUT2D eigenvalue weighted by atomic mass is 32.2. The number of sulfone groups is 1. The molecule has 1 saturated heterocycles. The zero-order valence-corrected chi connectivity index (χ0v) is 25.8. The Morgan fingerprint density at radius 3 is 2.29 bits per heavy atom. The second-order valence-electron chi connectivity index (χ2n) is 10.7. The molecule has 4 rings (SSSR count). The monoisotopic (exact) mass is 648 g/mol. The lowest BCUT2D eigenvalue weighted by Gasteiger charge is -2.40. The van der Waals surface area contributed by atoms with Crippen LogP contribution in [-0.4, -0.2) is 74.5 Å². The number of alkyl halides is 3. The highest BCUT2D eigenvalue weighted by molar-refractivity contribution is 7.91. The molecule has 2 N–H and O–H groups in total. The molecule has 14 heteroatoms. The van der Waals surface area contributed by atoms with Crippen LogP contribution in [0.15, 0.2) is 71.8 Å². The lowest BCUT2D eigenvalue weighted by Crippen LogP contribution is -2.52. The zero-order valence-electron chi connectivity index (χ0n) is 25.0. The molecule has 1 fully saturated rings. The molecular formula is C31H35F3N4O6S. The molecule has 2 amide bonds. The lowest BCUT2D eigenvalue weighted by molar-refractivity contribution is -0.170. The highest BCUT2D eigenvalue weighted by Crippen LogP contribution is 2.35. The Labute approximate surface area is 259 Å². The summed E-state index contributed by atoms with van der Waals surface area (Å²) in [5.41, 5.74) is 0.645. The first-order valence-electron chi connectivity index (χ1n) is 14.2. The first-order valence-corrected chi connectivity index (χ1v) is 15.9. The van der Waals surface area contributed by atoms with Crippen LogP contribution in [0.2, 0.25) is 0 Å². The number of anilines is 1. The maximum absolute atomic E-state index is 13.2. The van der Waals surface area contributed by atoms with Gasteiger partial charge in [-0.05, 0) is 60.4 Å². The Hall–Kier alpha value is -4.01. The summed E-state index contributed by atoms with van der Waals surface area (Å²) in [6, 6.07) is 12.5. The minimum absolute atomic E-state index is 0.0549. The number of aromatic nitrogens is 1. The van der Waals surface area contributed by atoms with Gasteiger partial charge in [0, 0.05) is 25.7 Å². The Morgan fingerprint density at radius 2 is 1.76 bits per heavy atom. The normalized spacial score (nSPS) is 17.9. The standard InChI is InChI=1S/C31H35F3N4O6S/c1-4-45(42,43)25-13-7-21(8-14-25)26(19-39)36-29(40)22-10-16-28(35-17-22)38-18-23(9-15-27(38)30(41)37(2)44-3)20-5-11-24(12-6-20)31(32,33)34/h5-8,10-14,16-17,23,26-27,39H,4,9,15,18-19H2,1-3H3,(H,36,40)/t23?,26-,27-/m0/s1. The summed E-state index contributed by atoms with van der Waals surface area (Å²) in [7, 11) is -0.556. The van der Waals surface area contributed by atoms with Crippen LogP contribution in [0.4, 0.5) is 19.0 Å². The number of nitrogens with one attached hydrogen (secondary N) is 1. The van der Waals surface area contributed by atoms with Crippen LogP contribution in [0, 0.1) is 0 Å². The average molecular weight is 649 g/mol. The average Bonchev–Trinajstić information content (AvgIpc) is 3.05. The number of benzene rings is 2. The number of pyridine rings is 1. The van der Waals surface area contributed by atoms with E-state index in [0.717, 1.165) is 17.2 Å². The van der Waals surface area contributed by atoms with E-state index >= 15 is 0 Å². The Bertz CT molecular complexity index is 1580. The van der Waals surface area contributed by atoms with E-state index < -0.39 is 46.2 Å². The molecule has 3 atom stereocenters. The number of rotatable bonds is 10. The predicted octanol–water partition coefficient (Wildman–Crippen LogP) is 4.13. The fourth-order valence-corrected chi connectivity index (χ4v) is 6.12. The van der Waals surface area contributed by atoms with Gasteiger partial charge in [0.25, 0.3) is 11.8 Å². The predicted molar refractivity (Wildman–Crippen MR) is 160 cm³/mol. The van der Waals surface area contributed by atoms with Crippen molar-refractivity contribution >= 4 is 27.5 Å². The number of piperidine rings is 1. The van der Waals surface area contributed by atoms with Crippen molar-refractivity contribution in [3.63, 3.8) is 0 Å². The molecule has 2 heterocycles. The van der Waals surface area contributed by atoms with Gasteiger partial charge >= 0.3 is 6.18 Å². The van der Waals surface area contributed by atoms with Crippen molar-refractivity contribution in [3.05, 3.63) is 89.1 Å². The van der Waals surface area contributed by atoms with Crippen molar-refractivity contribution in [1.29, 1.82) is 0 Å². The van der Waals surface area contributed by atoms with E-state index in [1.54, 1.807) is 11.0 Å². The van der Waals surface area contributed by atoms with E-state index in [1.165, 1.54) is 69.7 Å². The van der Waals surface area contributed by atoms with E-state index in [9.17, 15) is 36.3 Å². The third-order valence-electron chi connectivity index (χ3n) is 7.97. The molecule has 1 aliphatic heterocycles. The summed E-state index contributed by atoms with van der Waals surface area (Å²) in [5, 5.41) is 13.8. The van der Waals surface area contributed by atoms with E-state index in [-0.39, 0.29) is 34.6 Å². The smallest absolute Gasteiger partial charge is 0.394 e. The molecule has 242 valence electrons. The van der Waals surface area contributed by atoms with E-state index in [0.29, 0.717) is 29.8 Å². The summed E-state index contributed by atoms with van der Waals surface area (Å²) >= 11 is 0. The summed E-state index contributed by atoms with van der Waals surface area (Å²) in [6.07, 6.45) is -2.18. The van der Waals surface area contributed by atoms with Gasteiger partial charge in [-0.15, -0.1) is 0 Å². The van der Waals surface area contributed by atoms with Crippen molar-refractivity contribution in [1.82, 2.24) is 15.4 Å². The van der Waals surface area contributed by atoms with Gasteiger partial charge in [-0.1, -0.05) is 31.2 Å². The van der Waals surface area contributed by atoms with Crippen molar-refractivity contribution in [3.8, 4) is 0 Å². The number of nitrogens with zero attached hydrogens (tertiary/aromatic N) is 3. The molecule has 0 spiro atoms. The molecule has 0 saturated carbocycles. The zero-order chi connectivity index (χ0) is 32.9. The van der Waals surface area contributed by atoms with Crippen LogP contribution < -0.4 is 10.2 Å². The molecular weight excluding hydrogens is 613 g/mol. The molecule has 1 aromatic heterocycles. The van der Waals surface area contributed by atoms with Crippen molar-refractivity contribution < 1.29 is 41.1 Å². The molecule has 0 radical (unpaired) electrons. The molecule has 3 aromatic rings. The number of hydrogen-bond acceptors (Lipinski definition) is 8. The molecule has 1 aliphatic rings. The van der Waals surface area contributed by atoms with E-state index in [1.807, 2.05) is 0 Å². The number of aliphatic hydroxyl groups excluding tert-OH is 1. The molecule has 45 heavy (non-hydrogen) atoms. The van der Waals surface area contributed by atoms with Gasteiger partial charge in [-0.25, -0.2) is 18.5 Å². The third kappa shape index (κ3) is 7.81. The first-order chi connectivity index (χ1) is 21.3. The fourth-order valence-electron chi connectivity index (χ4n) is 5.24. The van der Waals surface area contributed by atoms with Crippen molar-refractivity contribution in [2.24, 2.45) is 0 Å². The molecule has 2 aromatic carbocycles. The van der Waals surface area contributed by atoms with E-state index in [2.05, 4.69) is 10.3 Å². The minimum Gasteiger partial charge on any atom is -0.394 e. The highest BCUT2D eigenvalue weighted by Gasteiger charge is 2.37. The van der Waals surface area contributed by atoms with Crippen molar-refractivity contribution in [2.45, 2.75) is 48.8 Å². The Kier molecular flexibility index (Phi) is 10.5. The summed E-state index contributed by atoms with van der Waals surface area (Å²) < 4.78 is 63.5. The lowest BCUT2D eigenvalue weighted by atomic mass is 9.86. The number of hydroxylamine groups is 2. The number of halogens is 3. The van der Waals surface area contributed by atoms with Gasteiger partial charge in [0.1, 0.15) is 11.9 Å².